The van der Waals surface area contributed by atoms with Crippen molar-refractivity contribution in [1.29, 1.82) is 0 Å². The van der Waals surface area contributed by atoms with Crippen molar-refractivity contribution in [2.24, 2.45) is 5.92 Å². The lowest BCUT2D eigenvalue weighted by atomic mass is 9.96. The molecule has 4 N–H and O–H groups in total. The smallest absolute Gasteiger partial charge is 0.165 e. The Kier molecular flexibility index (Phi) is 29.8. The standard InChI is InChI=1S/C19H26FN3O.C19H23N5O.C19H27N3O.C19H29N3O/c1-3-4-10-23(2)13-15-12-21-22-19(15)14-8-9-18(17(20)11-14)24-16-6-5-7-16;1-3-4-9-24(2)13-16-10-22-23-19(16)15-5-7-17(8-6-15)25-18-11-20-14-21-12-18;1-3-4-12-22(2)14-16-13-20-21-19(16)15-8-10-18(11-9-15)23-17-6-5-7-17;1-5-6-11-22(4)13-17-12-20-21-19(17)16-7-9-18(10-8-16)23-14-15(2)3/h8-9,11-12,16H,3-7,10,13H2,1-2H3,(H,21,22);5-8,10-12,14H,3-4,9,13H2,1-2H3,(H,22,23);8-11,13,17H,3-7,12,14H2,1-2H3,(H,20,21);7-10,12,15H,5-6,11,13-14H2,1-4H3,(H,20,21). The summed E-state index contributed by atoms with van der Waals surface area (Å²) < 4.78 is 37.4. The minimum Gasteiger partial charge on any atom is -0.493 e. The molecule has 11 rings (SSSR count). The maximum atomic E-state index is 14.4. The minimum atomic E-state index is -0.306. The van der Waals surface area contributed by atoms with E-state index in [2.05, 4.69) is 176 Å². The van der Waals surface area contributed by atoms with Crippen molar-refractivity contribution in [2.45, 2.75) is 170 Å². The van der Waals surface area contributed by atoms with E-state index in [1.165, 1.54) is 112 Å². The van der Waals surface area contributed by atoms with Gasteiger partial charge in [-0.15, -0.1) is 0 Å². The number of ether oxygens (including phenoxy) is 4. The van der Waals surface area contributed by atoms with Gasteiger partial charge in [0, 0.05) is 70.7 Å². The Morgan fingerprint density at radius 3 is 1.16 bits per heavy atom. The van der Waals surface area contributed by atoms with Crippen LogP contribution in [0.4, 0.5) is 4.39 Å². The second kappa shape index (κ2) is 39.0. The molecule has 4 aromatic carbocycles. The molecular weight excluding hydrogens is 1190 g/mol. The predicted molar refractivity (Wildman–Crippen MR) is 380 cm³/mol. The van der Waals surface area contributed by atoms with E-state index in [1.54, 1.807) is 18.5 Å². The molecule has 0 amide bonds. The van der Waals surface area contributed by atoms with Crippen molar-refractivity contribution in [3.05, 3.63) is 163 Å². The molecule has 0 aliphatic heterocycles. The maximum absolute atomic E-state index is 14.4. The lowest BCUT2D eigenvalue weighted by Gasteiger charge is -2.26. The van der Waals surface area contributed by atoms with Crippen molar-refractivity contribution in [2.75, 3.05) is 61.0 Å². The average Bonchev–Trinajstić information content (AvgIpc) is 1.87. The summed E-state index contributed by atoms with van der Waals surface area (Å²) in [6.45, 7) is 21.8. The van der Waals surface area contributed by atoms with Crippen LogP contribution in [0.1, 0.15) is 154 Å². The highest BCUT2D eigenvalue weighted by Crippen LogP contribution is 2.33. The Labute approximate surface area is 564 Å². The highest BCUT2D eigenvalue weighted by atomic mass is 19.1. The molecule has 5 heterocycles. The van der Waals surface area contributed by atoms with Gasteiger partial charge in [0.1, 0.15) is 23.6 Å². The second-order valence-electron chi connectivity index (χ2n) is 25.9. The van der Waals surface area contributed by atoms with Gasteiger partial charge in [-0.25, -0.2) is 14.4 Å². The number of aromatic amines is 4. The first-order valence-corrected chi connectivity index (χ1v) is 34.6. The molecule has 0 unspecified atom stereocenters. The molecule has 0 spiro atoms. The normalized spacial score (nSPS) is 13.0. The summed E-state index contributed by atoms with van der Waals surface area (Å²) >= 11 is 0. The van der Waals surface area contributed by atoms with Crippen LogP contribution in [0.5, 0.6) is 28.7 Å². The summed E-state index contributed by atoms with van der Waals surface area (Å²) in [5.74, 6) is 3.84. The van der Waals surface area contributed by atoms with Crippen LogP contribution >= 0.6 is 0 Å². The minimum absolute atomic E-state index is 0.181. The molecule has 19 heteroatoms. The summed E-state index contributed by atoms with van der Waals surface area (Å²) in [6.07, 6.45) is 29.5. The van der Waals surface area contributed by atoms with E-state index in [9.17, 15) is 4.39 Å². The van der Waals surface area contributed by atoms with Gasteiger partial charge >= 0.3 is 0 Å². The number of rotatable bonds is 33. The number of benzene rings is 4. The number of hydrogen-bond donors (Lipinski definition) is 4. The summed E-state index contributed by atoms with van der Waals surface area (Å²) in [6, 6.07) is 29.7. The fourth-order valence-electron chi connectivity index (χ4n) is 10.9. The van der Waals surface area contributed by atoms with Crippen LogP contribution in [0.15, 0.2) is 135 Å². The summed E-state index contributed by atoms with van der Waals surface area (Å²) in [4.78, 5) is 17.2. The molecule has 2 fully saturated rings. The van der Waals surface area contributed by atoms with E-state index in [0.717, 1.165) is 134 Å². The van der Waals surface area contributed by atoms with Gasteiger partial charge in [0.05, 0.1) is 78.8 Å². The zero-order valence-electron chi connectivity index (χ0n) is 58.2. The molecule has 5 aromatic heterocycles. The van der Waals surface area contributed by atoms with Crippen molar-refractivity contribution >= 4 is 0 Å². The van der Waals surface area contributed by atoms with Gasteiger partial charge in [0.15, 0.2) is 17.3 Å². The Bertz CT molecular complexity index is 3540. The first kappa shape index (κ1) is 72.6. The SMILES string of the molecule is CCCCN(C)Cc1cn[nH]c1-c1ccc(OC2CCC2)c(F)c1.CCCCN(C)Cc1cn[nH]c1-c1ccc(OC2CCC2)cc1.CCCCN(C)Cc1cn[nH]c1-c1ccc(OCC(C)C)cc1.CCCCN(C)Cc1cn[nH]c1-c1ccc(Oc2cncnc2)cc1. The lowest BCUT2D eigenvalue weighted by molar-refractivity contribution is 0.115. The Balaban J connectivity index is 0.000000162. The van der Waals surface area contributed by atoms with Crippen LogP contribution in [0.3, 0.4) is 0 Å². The molecule has 95 heavy (non-hydrogen) atoms. The molecule has 0 bridgehead atoms. The number of unbranched alkanes of at least 4 members (excludes halogenated alkanes) is 4. The fourth-order valence-corrected chi connectivity index (χ4v) is 10.9. The topological polar surface area (TPSA) is 190 Å². The molecule has 2 aliphatic rings. The largest absolute Gasteiger partial charge is 0.493 e. The van der Waals surface area contributed by atoms with Crippen molar-refractivity contribution in [3.63, 3.8) is 0 Å². The number of H-pyrrole nitrogens is 4. The summed E-state index contributed by atoms with van der Waals surface area (Å²) in [7, 11) is 8.57. The van der Waals surface area contributed by atoms with Gasteiger partial charge in [-0.05, 0) is 215 Å². The van der Waals surface area contributed by atoms with Crippen LogP contribution in [-0.4, -0.2) is 144 Å². The van der Waals surface area contributed by atoms with E-state index in [0.29, 0.717) is 23.5 Å². The Hall–Kier alpha value is -8.23. The number of nitrogens with zero attached hydrogens (tertiary/aromatic N) is 10. The molecule has 510 valence electrons. The Morgan fingerprint density at radius 1 is 0.442 bits per heavy atom. The molecule has 0 atom stereocenters. The van der Waals surface area contributed by atoms with Gasteiger partial charge < -0.3 is 38.5 Å². The van der Waals surface area contributed by atoms with Gasteiger partial charge in [0.2, 0.25) is 0 Å². The van der Waals surface area contributed by atoms with E-state index in [4.69, 9.17) is 18.9 Å². The van der Waals surface area contributed by atoms with Gasteiger partial charge in [-0.2, -0.15) is 20.4 Å². The third-order valence-corrected chi connectivity index (χ3v) is 16.9. The lowest BCUT2D eigenvalue weighted by Crippen LogP contribution is -2.24. The van der Waals surface area contributed by atoms with Gasteiger partial charge in [0.25, 0.3) is 0 Å². The van der Waals surface area contributed by atoms with Crippen molar-refractivity contribution < 1.29 is 23.3 Å². The zero-order valence-corrected chi connectivity index (χ0v) is 58.2. The monoisotopic (exact) mass is 1300 g/mol. The van der Waals surface area contributed by atoms with Crippen molar-refractivity contribution in [3.8, 4) is 73.8 Å². The molecule has 0 radical (unpaired) electrons. The third kappa shape index (κ3) is 23.6. The average molecular weight is 1300 g/mol. The van der Waals surface area contributed by atoms with E-state index in [1.807, 2.05) is 67.3 Å². The Morgan fingerprint density at radius 2 is 0.800 bits per heavy atom. The molecule has 9 aromatic rings. The number of aromatic nitrogens is 10. The number of hydrogen-bond acceptors (Lipinski definition) is 14. The van der Waals surface area contributed by atoms with Crippen molar-refractivity contribution in [1.82, 2.24) is 70.4 Å². The summed E-state index contributed by atoms with van der Waals surface area (Å²) in [5.41, 5.74) is 13.1. The highest BCUT2D eigenvalue weighted by molar-refractivity contribution is 5.66. The quantitative estimate of drug-likeness (QED) is 0.0304. The molecule has 18 nitrogen and oxygen atoms in total. The third-order valence-electron chi connectivity index (χ3n) is 16.9. The summed E-state index contributed by atoms with van der Waals surface area (Å²) in [5, 5.41) is 29.3. The van der Waals surface area contributed by atoms with Crippen LogP contribution in [0, 0.1) is 11.7 Å². The van der Waals surface area contributed by atoms with E-state index < -0.39 is 0 Å². The number of nitrogens with one attached hydrogen (secondary N) is 4. The van der Waals surface area contributed by atoms with Crippen LogP contribution in [0.25, 0.3) is 45.0 Å². The maximum Gasteiger partial charge on any atom is 0.165 e. The molecule has 2 saturated carbocycles. The van der Waals surface area contributed by atoms with E-state index in [-0.39, 0.29) is 11.9 Å². The molecular formula is C76H105FN14O4. The van der Waals surface area contributed by atoms with Gasteiger partial charge in [-0.1, -0.05) is 67.2 Å². The number of halogens is 1. The van der Waals surface area contributed by atoms with E-state index >= 15 is 0 Å². The molecule has 0 saturated heterocycles. The predicted octanol–water partition coefficient (Wildman–Crippen LogP) is 16.9. The van der Waals surface area contributed by atoms with Crippen LogP contribution < -0.4 is 18.9 Å². The van der Waals surface area contributed by atoms with Crippen LogP contribution in [-0.2, 0) is 26.2 Å². The highest BCUT2D eigenvalue weighted by Gasteiger charge is 2.22. The van der Waals surface area contributed by atoms with Gasteiger partial charge in [-0.3, -0.25) is 20.4 Å². The first-order valence-electron chi connectivity index (χ1n) is 34.6. The fraction of sp³-hybridized carbons (Fsp3) is 0.474. The zero-order chi connectivity index (χ0) is 67.2. The molecule has 2 aliphatic carbocycles. The first-order chi connectivity index (χ1) is 46.3. The second-order valence-corrected chi connectivity index (χ2v) is 25.9. The van der Waals surface area contributed by atoms with Crippen LogP contribution in [0.2, 0.25) is 0 Å².